The maximum Gasteiger partial charge on any atom is 0.139 e. The first kappa shape index (κ1) is 11.2. The SMILES string of the molecule is CC(C)C1=CC(c2ccccc2)=NNC1Cl. The Kier molecular flexibility index (Phi) is 3.30. The minimum absolute atomic E-state index is 0.188. The molecule has 0 aromatic heterocycles. The molecule has 0 amide bonds. The molecule has 2 nitrogen and oxygen atoms in total. The third-order valence-corrected chi connectivity index (χ3v) is 2.98. The van der Waals surface area contributed by atoms with Crippen molar-refractivity contribution in [1.29, 1.82) is 0 Å². The van der Waals surface area contributed by atoms with E-state index < -0.39 is 0 Å². The highest BCUT2D eigenvalue weighted by Gasteiger charge is 2.19. The third kappa shape index (κ3) is 2.27. The number of hydrazone groups is 1. The van der Waals surface area contributed by atoms with Gasteiger partial charge in [-0.25, -0.2) is 0 Å². The zero-order chi connectivity index (χ0) is 11.5. The van der Waals surface area contributed by atoms with Gasteiger partial charge in [-0.15, -0.1) is 0 Å². The van der Waals surface area contributed by atoms with E-state index in [4.69, 9.17) is 11.6 Å². The van der Waals surface area contributed by atoms with Crippen molar-refractivity contribution in [3.8, 4) is 0 Å². The van der Waals surface area contributed by atoms with Gasteiger partial charge in [0.05, 0.1) is 5.71 Å². The van der Waals surface area contributed by atoms with Gasteiger partial charge in [0.2, 0.25) is 0 Å². The zero-order valence-electron chi connectivity index (χ0n) is 9.44. The molecule has 1 unspecified atom stereocenters. The van der Waals surface area contributed by atoms with Crippen molar-refractivity contribution in [3.05, 3.63) is 47.5 Å². The second kappa shape index (κ2) is 4.71. The summed E-state index contributed by atoms with van der Waals surface area (Å²) in [6.45, 7) is 4.27. The van der Waals surface area contributed by atoms with Gasteiger partial charge in [0.15, 0.2) is 0 Å². The molecule has 0 radical (unpaired) electrons. The van der Waals surface area contributed by atoms with E-state index in [1.54, 1.807) is 0 Å². The summed E-state index contributed by atoms with van der Waals surface area (Å²) in [5.74, 6) is 0.421. The Morgan fingerprint density at radius 3 is 2.56 bits per heavy atom. The van der Waals surface area contributed by atoms with Crippen LogP contribution in [0.1, 0.15) is 19.4 Å². The lowest BCUT2D eigenvalue weighted by molar-refractivity contribution is 0.640. The van der Waals surface area contributed by atoms with E-state index >= 15 is 0 Å². The average Bonchev–Trinajstić information content (AvgIpc) is 2.30. The summed E-state index contributed by atoms with van der Waals surface area (Å²) in [5, 5.41) is 4.27. The summed E-state index contributed by atoms with van der Waals surface area (Å²) >= 11 is 6.14. The number of hydrogen-bond acceptors (Lipinski definition) is 2. The van der Waals surface area contributed by atoms with Crippen molar-refractivity contribution in [2.75, 3.05) is 0 Å². The second-order valence-electron chi connectivity index (χ2n) is 4.15. The molecule has 0 bridgehead atoms. The molecule has 1 N–H and O–H groups in total. The van der Waals surface area contributed by atoms with Crippen LogP contribution >= 0.6 is 11.6 Å². The molecule has 0 saturated carbocycles. The van der Waals surface area contributed by atoms with E-state index in [9.17, 15) is 0 Å². The summed E-state index contributed by atoms with van der Waals surface area (Å²) in [5.41, 5.74) is 5.99. The molecule has 3 heteroatoms. The van der Waals surface area contributed by atoms with Crippen molar-refractivity contribution in [2.24, 2.45) is 11.0 Å². The molecule has 0 aliphatic carbocycles. The summed E-state index contributed by atoms with van der Waals surface area (Å²) in [7, 11) is 0. The third-order valence-electron chi connectivity index (χ3n) is 2.63. The summed E-state index contributed by atoms with van der Waals surface area (Å²) < 4.78 is 0. The van der Waals surface area contributed by atoms with Gasteiger partial charge in [0.25, 0.3) is 0 Å². The number of nitrogens with one attached hydrogen (secondary N) is 1. The fourth-order valence-electron chi connectivity index (χ4n) is 1.68. The van der Waals surface area contributed by atoms with Gasteiger partial charge in [-0.1, -0.05) is 55.8 Å². The topological polar surface area (TPSA) is 24.4 Å². The normalized spacial score (nSPS) is 20.1. The number of halogens is 1. The fraction of sp³-hybridized carbons (Fsp3) is 0.308. The Labute approximate surface area is 101 Å². The van der Waals surface area contributed by atoms with E-state index in [1.807, 2.05) is 30.3 Å². The van der Waals surface area contributed by atoms with E-state index in [-0.39, 0.29) is 5.50 Å². The Balaban J connectivity index is 2.32. The van der Waals surface area contributed by atoms with Gasteiger partial charge in [0, 0.05) is 5.56 Å². The number of benzene rings is 1. The Hall–Kier alpha value is -1.28. The van der Waals surface area contributed by atoms with Gasteiger partial charge >= 0.3 is 0 Å². The highest BCUT2D eigenvalue weighted by Crippen LogP contribution is 2.21. The first-order chi connectivity index (χ1) is 7.68. The first-order valence-electron chi connectivity index (χ1n) is 5.42. The van der Waals surface area contributed by atoms with Crippen molar-refractivity contribution in [3.63, 3.8) is 0 Å². The number of hydrogen-bond donors (Lipinski definition) is 1. The van der Waals surface area contributed by atoms with Gasteiger partial charge in [-0.05, 0) is 17.6 Å². The highest BCUT2D eigenvalue weighted by atomic mass is 35.5. The van der Waals surface area contributed by atoms with Gasteiger partial charge in [-0.3, -0.25) is 5.43 Å². The van der Waals surface area contributed by atoms with Gasteiger partial charge < -0.3 is 0 Å². The van der Waals surface area contributed by atoms with E-state index in [0.717, 1.165) is 11.3 Å². The predicted molar refractivity (Wildman–Crippen MR) is 68.7 cm³/mol. The van der Waals surface area contributed by atoms with Crippen LogP contribution < -0.4 is 5.43 Å². The first-order valence-corrected chi connectivity index (χ1v) is 5.86. The van der Waals surface area contributed by atoms with Crippen LogP contribution in [0.2, 0.25) is 0 Å². The minimum Gasteiger partial charge on any atom is -0.287 e. The molecule has 1 heterocycles. The van der Waals surface area contributed by atoms with Crippen molar-refractivity contribution in [1.82, 2.24) is 5.43 Å². The second-order valence-corrected chi connectivity index (χ2v) is 4.59. The van der Waals surface area contributed by atoms with Crippen molar-refractivity contribution < 1.29 is 0 Å². The van der Waals surface area contributed by atoms with Crippen LogP contribution in [0.5, 0.6) is 0 Å². The number of allylic oxidation sites excluding steroid dienone is 1. The molecule has 84 valence electrons. The van der Waals surface area contributed by atoms with Crippen LogP contribution in [0, 0.1) is 5.92 Å². The molecule has 1 aliphatic heterocycles. The molecular formula is C13H15ClN2. The zero-order valence-corrected chi connectivity index (χ0v) is 10.2. The molecule has 0 saturated heterocycles. The van der Waals surface area contributed by atoms with E-state index in [2.05, 4.69) is 30.5 Å². The largest absolute Gasteiger partial charge is 0.287 e. The molecule has 1 aromatic rings. The van der Waals surface area contributed by atoms with E-state index in [1.165, 1.54) is 5.57 Å². The fourth-order valence-corrected chi connectivity index (χ4v) is 2.04. The predicted octanol–water partition coefficient (Wildman–Crippen LogP) is 3.14. The van der Waals surface area contributed by atoms with Crippen LogP contribution in [0.25, 0.3) is 0 Å². The average molecular weight is 235 g/mol. The van der Waals surface area contributed by atoms with Crippen LogP contribution in [-0.4, -0.2) is 11.2 Å². The molecule has 16 heavy (non-hydrogen) atoms. The van der Waals surface area contributed by atoms with Gasteiger partial charge in [-0.2, -0.15) is 5.10 Å². The number of rotatable bonds is 2. The lowest BCUT2D eigenvalue weighted by Gasteiger charge is -2.22. The molecule has 0 spiro atoms. The standard InChI is InChI=1S/C13H15ClN2/c1-9(2)11-8-12(15-16-13(11)14)10-6-4-3-5-7-10/h3-9,13,16H,1-2H3. The quantitative estimate of drug-likeness (QED) is 0.617. The summed E-state index contributed by atoms with van der Waals surface area (Å²) in [6, 6.07) is 10.1. The lowest BCUT2D eigenvalue weighted by Crippen LogP contribution is -2.29. The van der Waals surface area contributed by atoms with E-state index in [0.29, 0.717) is 5.92 Å². The molecular weight excluding hydrogens is 220 g/mol. The molecule has 0 fully saturated rings. The van der Waals surface area contributed by atoms with Crippen LogP contribution in [0.15, 0.2) is 47.1 Å². The molecule has 2 rings (SSSR count). The summed E-state index contributed by atoms with van der Waals surface area (Å²) in [4.78, 5) is 0. The molecule has 1 aliphatic rings. The Morgan fingerprint density at radius 1 is 1.25 bits per heavy atom. The molecule has 1 atom stereocenters. The van der Waals surface area contributed by atoms with Crippen molar-refractivity contribution in [2.45, 2.75) is 19.3 Å². The van der Waals surface area contributed by atoms with Crippen LogP contribution in [0.3, 0.4) is 0 Å². The van der Waals surface area contributed by atoms with Crippen LogP contribution in [-0.2, 0) is 0 Å². The number of nitrogens with zero attached hydrogens (tertiary/aromatic N) is 1. The Morgan fingerprint density at radius 2 is 1.94 bits per heavy atom. The van der Waals surface area contributed by atoms with Crippen LogP contribution in [0.4, 0.5) is 0 Å². The lowest BCUT2D eigenvalue weighted by atomic mass is 9.98. The summed E-state index contributed by atoms with van der Waals surface area (Å²) in [6.07, 6.45) is 2.08. The van der Waals surface area contributed by atoms with Crippen molar-refractivity contribution >= 4 is 17.3 Å². The monoisotopic (exact) mass is 234 g/mol. The Bertz CT molecular complexity index is 421. The minimum atomic E-state index is -0.188. The highest BCUT2D eigenvalue weighted by molar-refractivity contribution is 6.23. The maximum atomic E-state index is 6.14. The maximum absolute atomic E-state index is 6.14. The smallest absolute Gasteiger partial charge is 0.139 e. The van der Waals surface area contributed by atoms with Gasteiger partial charge in [0.1, 0.15) is 5.50 Å². The molecule has 1 aromatic carbocycles. The number of alkyl halides is 1.